The summed E-state index contributed by atoms with van der Waals surface area (Å²) in [4.78, 5) is 11.6. The number of furan rings is 1. The lowest BCUT2D eigenvalue weighted by molar-refractivity contribution is -0.174. The molecule has 8 heteroatoms. The van der Waals surface area contributed by atoms with Crippen molar-refractivity contribution in [1.82, 2.24) is 0 Å². The molecule has 0 amide bonds. The number of carboxylic acid groups (broad SMARTS) is 1. The minimum atomic E-state index is -1.13. The quantitative estimate of drug-likeness (QED) is 0.505. The molecule has 2 aromatic rings. The zero-order valence-electron chi connectivity index (χ0n) is 17.0. The molecule has 0 saturated heterocycles. The van der Waals surface area contributed by atoms with Gasteiger partial charge in [0.25, 0.3) is 0 Å². The number of para-hydroxylation sites is 1. The van der Waals surface area contributed by atoms with Crippen LogP contribution in [0.4, 0.5) is 0 Å². The summed E-state index contributed by atoms with van der Waals surface area (Å²) >= 11 is 0. The topological polar surface area (TPSA) is 108 Å². The Labute approximate surface area is 175 Å². The predicted octanol–water partition coefficient (Wildman–Crippen LogP) is 2.91. The molecule has 2 N–H and O–H groups in total. The average Bonchev–Trinajstić information content (AvgIpc) is 3.17. The maximum absolute atomic E-state index is 11.6. The number of rotatable bonds is 12. The van der Waals surface area contributed by atoms with E-state index in [1.807, 2.05) is 31.2 Å². The first kappa shape index (κ1) is 22.3. The lowest BCUT2D eigenvalue weighted by atomic mass is 9.81. The lowest BCUT2D eigenvalue weighted by Gasteiger charge is -2.36. The highest BCUT2D eigenvalue weighted by molar-refractivity contribution is 5.86. The van der Waals surface area contributed by atoms with Gasteiger partial charge >= 0.3 is 5.97 Å². The van der Waals surface area contributed by atoms with E-state index in [2.05, 4.69) is 0 Å². The van der Waals surface area contributed by atoms with Crippen molar-refractivity contribution in [3.63, 3.8) is 0 Å². The van der Waals surface area contributed by atoms with Gasteiger partial charge in [-0.1, -0.05) is 18.2 Å². The Morgan fingerprint density at radius 1 is 1.13 bits per heavy atom. The molecule has 0 saturated carbocycles. The van der Waals surface area contributed by atoms with Crippen molar-refractivity contribution in [3.8, 4) is 0 Å². The summed E-state index contributed by atoms with van der Waals surface area (Å²) in [5.74, 6) is -1.68. The zero-order valence-corrected chi connectivity index (χ0v) is 17.0. The van der Waals surface area contributed by atoms with Crippen molar-refractivity contribution in [2.24, 2.45) is 5.92 Å². The predicted molar refractivity (Wildman–Crippen MR) is 108 cm³/mol. The van der Waals surface area contributed by atoms with Crippen LogP contribution >= 0.6 is 0 Å². The van der Waals surface area contributed by atoms with E-state index < -0.39 is 12.3 Å². The van der Waals surface area contributed by atoms with E-state index in [-0.39, 0.29) is 30.8 Å². The molecule has 8 nitrogen and oxygen atoms in total. The van der Waals surface area contributed by atoms with Gasteiger partial charge in [-0.2, -0.15) is 0 Å². The van der Waals surface area contributed by atoms with Crippen LogP contribution in [0, 0.1) is 5.92 Å². The number of aliphatic hydroxyl groups is 1. The van der Waals surface area contributed by atoms with E-state index in [9.17, 15) is 9.90 Å². The largest absolute Gasteiger partial charge is 0.475 e. The monoisotopic (exact) mass is 420 g/mol. The van der Waals surface area contributed by atoms with Gasteiger partial charge in [-0.25, -0.2) is 4.79 Å². The molecule has 3 atom stereocenters. The molecular weight excluding hydrogens is 392 g/mol. The van der Waals surface area contributed by atoms with Crippen molar-refractivity contribution in [2.45, 2.75) is 25.6 Å². The number of fused-ring (bicyclic) bond motifs is 1. The van der Waals surface area contributed by atoms with E-state index in [4.69, 9.17) is 28.5 Å². The van der Waals surface area contributed by atoms with Crippen LogP contribution in [0.25, 0.3) is 11.0 Å². The second-order valence-corrected chi connectivity index (χ2v) is 6.89. The minimum absolute atomic E-state index is 0.0198. The van der Waals surface area contributed by atoms with Gasteiger partial charge in [0.15, 0.2) is 0 Å². The van der Waals surface area contributed by atoms with Crippen LogP contribution in [0.15, 0.2) is 46.8 Å². The number of benzene rings is 1. The second-order valence-electron chi connectivity index (χ2n) is 6.89. The number of hydrogen-bond acceptors (Lipinski definition) is 7. The van der Waals surface area contributed by atoms with Crippen LogP contribution in [0.3, 0.4) is 0 Å². The van der Waals surface area contributed by atoms with Gasteiger partial charge in [-0.15, -0.1) is 0 Å². The van der Waals surface area contributed by atoms with Crippen molar-refractivity contribution in [2.75, 3.05) is 39.6 Å². The van der Waals surface area contributed by atoms with Gasteiger partial charge in [0.1, 0.15) is 5.58 Å². The normalized spacial score (nSPS) is 21.4. The number of hydrogen-bond donors (Lipinski definition) is 2. The molecule has 0 spiro atoms. The maximum atomic E-state index is 11.6. The molecule has 0 bridgehead atoms. The van der Waals surface area contributed by atoms with Gasteiger partial charge in [-0.3, -0.25) is 0 Å². The summed E-state index contributed by atoms with van der Waals surface area (Å²) in [5.41, 5.74) is 1.64. The molecular formula is C22H28O8. The highest BCUT2D eigenvalue weighted by atomic mass is 16.7. The molecule has 3 unspecified atom stereocenters. The lowest BCUT2D eigenvalue weighted by Crippen LogP contribution is -2.37. The third-order valence-corrected chi connectivity index (χ3v) is 5.00. The highest BCUT2D eigenvalue weighted by Crippen LogP contribution is 2.41. The first-order valence-corrected chi connectivity index (χ1v) is 10.1. The zero-order chi connectivity index (χ0) is 21.3. The first-order valence-electron chi connectivity index (χ1n) is 10.1. The van der Waals surface area contributed by atoms with Crippen LogP contribution in [-0.2, 0) is 23.7 Å². The fourth-order valence-electron chi connectivity index (χ4n) is 3.65. The Morgan fingerprint density at radius 3 is 2.63 bits per heavy atom. The van der Waals surface area contributed by atoms with Crippen LogP contribution in [-0.4, -0.2) is 62.1 Å². The molecule has 0 aliphatic carbocycles. The summed E-state index contributed by atoms with van der Waals surface area (Å²) in [6.07, 6.45) is 3.19. The third-order valence-electron chi connectivity index (χ3n) is 5.00. The van der Waals surface area contributed by atoms with Crippen molar-refractivity contribution < 1.29 is 38.4 Å². The standard InChI is InChI=1S/C22H28O8/c1-2-28-22-16(7-9-26-11-12-27-10-8-23)17(13-20(30-22)21(24)25)18-14-29-19-6-4-3-5-15(18)19/h3-6,13-14,16-17,22-23H,2,7-12H2,1H3,(H,24,25). The third kappa shape index (κ3) is 5.40. The summed E-state index contributed by atoms with van der Waals surface area (Å²) in [7, 11) is 0. The SMILES string of the molecule is CCOC1OC(C(=O)O)=CC(c2coc3ccccc23)C1CCOCCOCCO. The number of aliphatic carboxylic acids is 1. The van der Waals surface area contributed by atoms with Gasteiger partial charge in [0, 0.05) is 36.0 Å². The first-order chi connectivity index (χ1) is 14.7. The van der Waals surface area contributed by atoms with Crippen LogP contribution in [0.2, 0.25) is 0 Å². The number of ether oxygens (including phenoxy) is 4. The average molecular weight is 420 g/mol. The molecule has 3 rings (SSSR count). The van der Waals surface area contributed by atoms with E-state index in [1.165, 1.54) is 0 Å². The van der Waals surface area contributed by atoms with Crippen molar-refractivity contribution in [1.29, 1.82) is 0 Å². The van der Waals surface area contributed by atoms with Gasteiger partial charge in [-0.05, 0) is 25.5 Å². The fraction of sp³-hybridized carbons (Fsp3) is 0.500. The molecule has 1 aromatic heterocycles. The molecule has 164 valence electrons. The van der Waals surface area contributed by atoms with Crippen molar-refractivity contribution >= 4 is 16.9 Å². The molecule has 30 heavy (non-hydrogen) atoms. The Balaban J connectivity index is 1.80. The highest BCUT2D eigenvalue weighted by Gasteiger charge is 2.39. The van der Waals surface area contributed by atoms with Crippen LogP contribution < -0.4 is 0 Å². The Kier molecular flexibility index (Phi) is 8.27. The maximum Gasteiger partial charge on any atom is 0.370 e. The van der Waals surface area contributed by atoms with Crippen molar-refractivity contribution in [3.05, 3.63) is 47.9 Å². The van der Waals surface area contributed by atoms with E-state index in [0.29, 0.717) is 32.8 Å². The van der Waals surface area contributed by atoms with Crippen LogP contribution in [0.1, 0.15) is 24.8 Å². The molecule has 1 aliphatic rings. The molecule has 0 radical (unpaired) electrons. The summed E-state index contributed by atoms with van der Waals surface area (Å²) in [5, 5.41) is 19.2. The van der Waals surface area contributed by atoms with Crippen LogP contribution in [0.5, 0.6) is 0 Å². The second kappa shape index (κ2) is 11.1. The number of allylic oxidation sites excluding steroid dienone is 1. The fourth-order valence-corrected chi connectivity index (χ4v) is 3.65. The molecule has 1 aliphatic heterocycles. The Bertz CT molecular complexity index is 843. The summed E-state index contributed by atoms with van der Waals surface area (Å²) < 4.78 is 28.0. The van der Waals surface area contributed by atoms with E-state index >= 15 is 0 Å². The number of carboxylic acids is 1. The minimum Gasteiger partial charge on any atom is -0.475 e. The van der Waals surface area contributed by atoms with E-state index in [1.54, 1.807) is 12.3 Å². The van der Waals surface area contributed by atoms with E-state index in [0.717, 1.165) is 16.5 Å². The Hall–Kier alpha value is -2.39. The smallest absolute Gasteiger partial charge is 0.370 e. The number of aliphatic hydroxyl groups excluding tert-OH is 1. The van der Waals surface area contributed by atoms with Gasteiger partial charge in [0.05, 0.1) is 32.7 Å². The molecule has 1 aromatic carbocycles. The molecule has 0 fully saturated rings. The molecule has 2 heterocycles. The van der Waals surface area contributed by atoms with Gasteiger partial charge < -0.3 is 33.6 Å². The Morgan fingerprint density at radius 2 is 1.90 bits per heavy atom. The van der Waals surface area contributed by atoms with Gasteiger partial charge in [0.2, 0.25) is 12.0 Å². The number of carbonyl (C=O) groups is 1. The summed E-state index contributed by atoms with van der Waals surface area (Å²) in [6.45, 7) is 3.73. The summed E-state index contributed by atoms with van der Waals surface area (Å²) in [6, 6.07) is 7.66.